The molecule has 2 aliphatic carbocycles. The summed E-state index contributed by atoms with van der Waals surface area (Å²) in [5, 5.41) is 9.46. The number of hydrogen-bond donors (Lipinski definition) is 1. The average Bonchev–Trinajstić information content (AvgIpc) is 2.66. The maximum Gasteiger partial charge on any atom is 0.312 e. The topological polar surface area (TPSA) is 89.9 Å². The number of ether oxygens (including phenoxy) is 2. The van der Waals surface area contributed by atoms with Gasteiger partial charge < -0.3 is 14.6 Å². The van der Waals surface area contributed by atoms with E-state index in [9.17, 15) is 19.5 Å². The van der Waals surface area contributed by atoms with E-state index in [1.54, 1.807) is 6.92 Å². The van der Waals surface area contributed by atoms with Crippen LogP contribution in [0.3, 0.4) is 0 Å². The van der Waals surface area contributed by atoms with Crippen LogP contribution in [0.2, 0.25) is 0 Å². The summed E-state index contributed by atoms with van der Waals surface area (Å²) in [4.78, 5) is 35.7. The Balaban J connectivity index is 2.10. The van der Waals surface area contributed by atoms with Gasteiger partial charge >= 0.3 is 17.9 Å². The standard InChI is InChI=1S/C18H26O6/c1-10(19)24-18(4)9-11-14-16(2,12(18)8-13(20)21)6-5-7-17(14,3)15(22)23-11/h11-12,14H,5-9H2,1-4H3,(H,20,21)/t11?,12-,14-,16-,17?,18-/m1/s1. The summed E-state index contributed by atoms with van der Waals surface area (Å²) in [7, 11) is 0. The van der Waals surface area contributed by atoms with Gasteiger partial charge in [-0.05, 0) is 32.1 Å². The van der Waals surface area contributed by atoms with Gasteiger partial charge in [0.15, 0.2) is 0 Å². The molecule has 2 saturated carbocycles. The van der Waals surface area contributed by atoms with Crippen molar-refractivity contribution in [3.63, 3.8) is 0 Å². The first-order valence-corrected chi connectivity index (χ1v) is 8.65. The molecule has 1 aliphatic heterocycles. The van der Waals surface area contributed by atoms with Gasteiger partial charge in [0, 0.05) is 25.2 Å². The van der Waals surface area contributed by atoms with Crippen molar-refractivity contribution in [2.45, 2.75) is 71.5 Å². The van der Waals surface area contributed by atoms with Crippen molar-refractivity contribution in [2.24, 2.45) is 22.7 Å². The van der Waals surface area contributed by atoms with Crippen LogP contribution in [-0.4, -0.2) is 34.7 Å². The fourth-order valence-corrected chi connectivity index (χ4v) is 6.13. The molecule has 6 nitrogen and oxygen atoms in total. The number of esters is 2. The van der Waals surface area contributed by atoms with Crippen LogP contribution in [0.5, 0.6) is 0 Å². The van der Waals surface area contributed by atoms with E-state index in [1.165, 1.54) is 6.92 Å². The predicted octanol–water partition coefficient (Wildman–Crippen LogP) is 2.54. The van der Waals surface area contributed by atoms with Crippen molar-refractivity contribution in [2.75, 3.05) is 0 Å². The molecule has 0 aromatic heterocycles. The van der Waals surface area contributed by atoms with Gasteiger partial charge in [-0.2, -0.15) is 0 Å². The van der Waals surface area contributed by atoms with Gasteiger partial charge in [-0.1, -0.05) is 13.3 Å². The Morgan fingerprint density at radius 3 is 2.54 bits per heavy atom. The van der Waals surface area contributed by atoms with Crippen molar-refractivity contribution in [3.05, 3.63) is 0 Å². The van der Waals surface area contributed by atoms with Gasteiger partial charge in [0.2, 0.25) is 0 Å². The lowest BCUT2D eigenvalue weighted by atomic mass is 9.45. The van der Waals surface area contributed by atoms with Crippen molar-refractivity contribution >= 4 is 17.9 Å². The summed E-state index contributed by atoms with van der Waals surface area (Å²) in [6, 6.07) is 0. The van der Waals surface area contributed by atoms with Crippen molar-refractivity contribution < 1.29 is 29.0 Å². The second-order valence-electron chi connectivity index (χ2n) is 8.46. The SMILES string of the molecule is CC(=O)O[C@]1(C)CC2OC(=O)C3(C)CCC[C@](C)([C@H]1CC(=O)O)[C@@H]23. The molecule has 0 radical (unpaired) electrons. The van der Waals surface area contributed by atoms with Crippen LogP contribution in [0.1, 0.15) is 59.8 Å². The molecule has 24 heavy (non-hydrogen) atoms. The van der Waals surface area contributed by atoms with E-state index in [4.69, 9.17) is 9.47 Å². The van der Waals surface area contributed by atoms with Crippen LogP contribution in [0, 0.1) is 22.7 Å². The molecule has 1 saturated heterocycles. The van der Waals surface area contributed by atoms with Crippen molar-refractivity contribution in [1.82, 2.24) is 0 Å². The van der Waals surface area contributed by atoms with Gasteiger partial charge in [0.1, 0.15) is 11.7 Å². The Labute approximate surface area is 141 Å². The Kier molecular flexibility index (Phi) is 3.74. The normalized spacial score (nSPS) is 46.8. The molecule has 0 bridgehead atoms. The van der Waals surface area contributed by atoms with E-state index in [0.29, 0.717) is 6.42 Å². The molecule has 3 rings (SSSR count). The number of rotatable bonds is 3. The zero-order valence-corrected chi connectivity index (χ0v) is 14.8. The highest BCUT2D eigenvalue weighted by Crippen LogP contribution is 2.66. The number of carbonyl (C=O) groups is 3. The average molecular weight is 338 g/mol. The molecule has 1 heterocycles. The third kappa shape index (κ3) is 2.25. The molecule has 2 unspecified atom stereocenters. The summed E-state index contributed by atoms with van der Waals surface area (Å²) in [6.07, 6.45) is 2.40. The molecule has 6 heteroatoms. The van der Waals surface area contributed by atoms with Gasteiger partial charge in [0.05, 0.1) is 11.8 Å². The summed E-state index contributed by atoms with van der Waals surface area (Å²) < 4.78 is 11.3. The highest BCUT2D eigenvalue weighted by molar-refractivity contribution is 5.80. The number of carboxylic acids is 1. The first-order valence-electron chi connectivity index (χ1n) is 8.65. The molecule has 3 aliphatic rings. The highest BCUT2D eigenvalue weighted by Gasteiger charge is 2.70. The van der Waals surface area contributed by atoms with E-state index in [1.807, 2.05) is 6.92 Å². The molecule has 0 spiro atoms. The number of aliphatic carboxylic acids is 1. The number of carboxylic acid groups (broad SMARTS) is 1. The first-order chi connectivity index (χ1) is 11.0. The fraction of sp³-hybridized carbons (Fsp3) is 0.833. The molecule has 0 aromatic carbocycles. The largest absolute Gasteiger partial charge is 0.481 e. The summed E-state index contributed by atoms with van der Waals surface area (Å²) >= 11 is 0. The Morgan fingerprint density at radius 2 is 1.96 bits per heavy atom. The van der Waals surface area contributed by atoms with E-state index in [0.717, 1.165) is 19.3 Å². The fourth-order valence-electron chi connectivity index (χ4n) is 6.13. The lowest BCUT2D eigenvalue weighted by Gasteiger charge is -2.59. The Morgan fingerprint density at radius 1 is 1.29 bits per heavy atom. The molecule has 1 N–H and O–H groups in total. The minimum Gasteiger partial charge on any atom is -0.481 e. The third-order valence-electron chi connectivity index (χ3n) is 6.80. The van der Waals surface area contributed by atoms with E-state index in [-0.39, 0.29) is 30.3 Å². The van der Waals surface area contributed by atoms with Gasteiger partial charge in [-0.25, -0.2) is 0 Å². The monoisotopic (exact) mass is 338 g/mol. The van der Waals surface area contributed by atoms with E-state index in [2.05, 4.69) is 6.92 Å². The zero-order valence-electron chi connectivity index (χ0n) is 14.8. The van der Waals surface area contributed by atoms with Crippen LogP contribution in [-0.2, 0) is 23.9 Å². The summed E-state index contributed by atoms with van der Waals surface area (Å²) in [5.74, 6) is -1.90. The second-order valence-corrected chi connectivity index (χ2v) is 8.46. The van der Waals surface area contributed by atoms with E-state index < -0.39 is 28.4 Å². The number of hydrogen-bond acceptors (Lipinski definition) is 5. The Bertz CT molecular complexity index is 600. The molecule has 6 atom stereocenters. The second kappa shape index (κ2) is 5.20. The third-order valence-corrected chi connectivity index (χ3v) is 6.80. The molecule has 3 fully saturated rings. The van der Waals surface area contributed by atoms with E-state index >= 15 is 0 Å². The maximum atomic E-state index is 12.5. The smallest absolute Gasteiger partial charge is 0.312 e. The zero-order chi connectivity index (χ0) is 17.9. The van der Waals surface area contributed by atoms with Crippen LogP contribution in [0.25, 0.3) is 0 Å². The van der Waals surface area contributed by atoms with Gasteiger partial charge in [-0.3, -0.25) is 14.4 Å². The van der Waals surface area contributed by atoms with Crippen LogP contribution < -0.4 is 0 Å². The lowest BCUT2D eigenvalue weighted by molar-refractivity contribution is -0.209. The molecular weight excluding hydrogens is 312 g/mol. The summed E-state index contributed by atoms with van der Waals surface area (Å²) in [5.41, 5.74) is -1.92. The molecule has 0 aromatic rings. The minimum absolute atomic E-state index is 0.0285. The van der Waals surface area contributed by atoms with Crippen molar-refractivity contribution in [1.29, 1.82) is 0 Å². The van der Waals surface area contributed by atoms with Crippen molar-refractivity contribution in [3.8, 4) is 0 Å². The summed E-state index contributed by atoms with van der Waals surface area (Å²) in [6.45, 7) is 7.13. The quantitative estimate of drug-likeness (QED) is 0.795. The molecule has 134 valence electrons. The Hall–Kier alpha value is -1.59. The van der Waals surface area contributed by atoms with Crippen LogP contribution in [0.15, 0.2) is 0 Å². The van der Waals surface area contributed by atoms with Gasteiger partial charge in [-0.15, -0.1) is 0 Å². The maximum absolute atomic E-state index is 12.5. The molecular formula is C18H26O6. The first kappa shape index (κ1) is 17.2. The highest BCUT2D eigenvalue weighted by atomic mass is 16.6. The minimum atomic E-state index is -0.941. The number of carbonyl (C=O) groups excluding carboxylic acids is 2. The predicted molar refractivity (Wildman–Crippen MR) is 84.0 cm³/mol. The molecule has 0 amide bonds. The lowest BCUT2D eigenvalue weighted by Crippen LogP contribution is -2.62. The van der Waals surface area contributed by atoms with Gasteiger partial charge in [0.25, 0.3) is 0 Å². The van der Waals surface area contributed by atoms with Crippen LogP contribution in [0.4, 0.5) is 0 Å². The van der Waals surface area contributed by atoms with Crippen LogP contribution >= 0.6 is 0 Å².